The molecule has 6 heteroatoms. The summed E-state index contributed by atoms with van der Waals surface area (Å²) in [4.78, 5) is 0. The molecule has 0 radical (unpaired) electrons. The highest BCUT2D eigenvalue weighted by molar-refractivity contribution is 5.29. The van der Waals surface area contributed by atoms with Crippen molar-refractivity contribution >= 4 is 0 Å². The van der Waals surface area contributed by atoms with E-state index in [1.165, 1.54) is 13.0 Å². The molecule has 0 aliphatic rings. The van der Waals surface area contributed by atoms with Crippen LogP contribution >= 0.6 is 0 Å². The SMILES string of the molecule is C[C@H](N)c1cccc(C(F)(F)C(F)(F)F)c1. The average molecular weight is 239 g/mol. The first kappa shape index (κ1) is 12.9. The van der Waals surface area contributed by atoms with Crippen molar-refractivity contribution in [1.29, 1.82) is 0 Å². The van der Waals surface area contributed by atoms with Gasteiger partial charge in [0.05, 0.1) is 0 Å². The van der Waals surface area contributed by atoms with Gasteiger partial charge in [-0.15, -0.1) is 0 Å². The van der Waals surface area contributed by atoms with Gasteiger partial charge in [0.1, 0.15) is 0 Å². The number of hydrogen-bond donors (Lipinski definition) is 1. The van der Waals surface area contributed by atoms with Crippen molar-refractivity contribution in [2.45, 2.75) is 25.1 Å². The minimum Gasteiger partial charge on any atom is -0.324 e. The van der Waals surface area contributed by atoms with Gasteiger partial charge >= 0.3 is 12.1 Å². The number of nitrogens with two attached hydrogens (primary N) is 1. The minimum absolute atomic E-state index is 0.237. The maximum atomic E-state index is 12.9. The summed E-state index contributed by atoms with van der Waals surface area (Å²) in [5.74, 6) is -4.85. The lowest BCUT2D eigenvalue weighted by Crippen LogP contribution is -2.33. The Morgan fingerprint density at radius 1 is 1.12 bits per heavy atom. The maximum absolute atomic E-state index is 12.9. The molecule has 0 saturated carbocycles. The molecule has 16 heavy (non-hydrogen) atoms. The zero-order valence-electron chi connectivity index (χ0n) is 8.35. The van der Waals surface area contributed by atoms with Gasteiger partial charge in [-0.1, -0.05) is 18.2 Å². The van der Waals surface area contributed by atoms with E-state index in [1.807, 2.05) is 0 Å². The second-order valence-corrected chi connectivity index (χ2v) is 3.49. The third kappa shape index (κ3) is 2.32. The summed E-state index contributed by atoms with van der Waals surface area (Å²) < 4.78 is 62.1. The number of benzene rings is 1. The molecule has 0 amide bonds. The molecule has 0 fully saturated rings. The van der Waals surface area contributed by atoms with Crippen LogP contribution in [0.2, 0.25) is 0 Å². The molecule has 0 aromatic heterocycles. The lowest BCUT2D eigenvalue weighted by Gasteiger charge is -2.20. The largest absolute Gasteiger partial charge is 0.458 e. The Bertz CT molecular complexity index is 370. The van der Waals surface area contributed by atoms with Crippen LogP contribution in [0.15, 0.2) is 24.3 Å². The quantitative estimate of drug-likeness (QED) is 0.787. The minimum atomic E-state index is -5.59. The van der Waals surface area contributed by atoms with E-state index in [1.54, 1.807) is 0 Å². The van der Waals surface area contributed by atoms with E-state index in [4.69, 9.17) is 5.73 Å². The summed E-state index contributed by atoms with van der Waals surface area (Å²) >= 11 is 0. The van der Waals surface area contributed by atoms with Gasteiger partial charge in [-0.3, -0.25) is 0 Å². The van der Waals surface area contributed by atoms with E-state index in [2.05, 4.69) is 0 Å². The van der Waals surface area contributed by atoms with Crippen molar-refractivity contribution in [2.24, 2.45) is 5.73 Å². The third-order valence-corrected chi connectivity index (χ3v) is 2.13. The van der Waals surface area contributed by atoms with E-state index < -0.39 is 23.7 Å². The van der Waals surface area contributed by atoms with Gasteiger partial charge in [0, 0.05) is 11.6 Å². The van der Waals surface area contributed by atoms with E-state index in [9.17, 15) is 22.0 Å². The molecule has 1 rings (SSSR count). The number of hydrogen-bond acceptors (Lipinski definition) is 1. The average Bonchev–Trinajstić information content (AvgIpc) is 2.16. The second-order valence-electron chi connectivity index (χ2n) is 3.49. The summed E-state index contributed by atoms with van der Waals surface area (Å²) in [6.07, 6.45) is -5.59. The van der Waals surface area contributed by atoms with Gasteiger partial charge in [0.25, 0.3) is 0 Å². The zero-order chi connectivity index (χ0) is 12.6. The number of rotatable bonds is 2. The highest BCUT2D eigenvalue weighted by atomic mass is 19.4. The van der Waals surface area contributed by atoms with Gasteiger partial charge in [0.15, 0.2) is 0 Å². The highest BCUT2D eigenvalue weighted by Crippen LogP contribution is 2.44. The first-order valence-corrected chi connectivity index (χ1v) is 4.47. The fourth-order valence-electron chi connectivity index (χ4n) is 1.18. The van der Waals surface area contributed by atoms with Crippen molar-refractivity contribution in [1.82, 2.24) is 0 Å². The van der Waals surface area contributed by atoms with Crippen LogP contribution in [0.4, 0.5) is 22.0 Å². The summed E-state index contributed by atoms with van der Waals surface area (Å²) in [6, 6.07) is 3.45. The lowest BCUT2D eigenvalue weighted by atomic mass is 10.0. The molecule has 1 aromatic rings. The molecule has 2 N–H and O–H groups in total. The summed E-state index contributed by atoms with van der Waals surface area (Å²) in [5.41, 5.74) is 4.56. The molecule has 0 aliphatic carbocycles. The van der Waals surface area contributed by atoms with Crippen molar-refractivity contribution in [3.63, 3.8) is 0 Å². The summed E-state index contributed by atoms with van der Waals surface area (Å²) in [6.45, 7) is 1.50. The third-order valence-electron chi connectivity index (χ3n) is 2.13. The molecule has 0 unspecified atom stereocenters. The van der Waals surface area contributed by atoms with Gasteiger partial charge in [-0.25, -0.2) is 0 Å². The van der Waals surface area contributed by atoms with Crippen LogP contribution in [0, 0.1) is 0 Å². The molecular weight excluding hydrogens is 229 g/mol. The first-order valence-electron chi connectivity index (χ1n) is 4.47. The van der Waals surface area contributed by atoms with Crippen LogP contribution < -0.4 is 5.73 Å². The Morgan fingerprint density at radius 2 is 1.69 bits per heavy atom. The topological polar surface area (TPSA) is 26.0 Å². The zero-order valence-corrected chi connectivity index (χ0v) is 8.35. The monoisotopic (exact) mass is 239 g/mol. The predicted molar refractivity (Wildman–Crippen MR) is 49.0 cm³/mol. The summed E-state index contributed by atoms with van der Waals surface area (Å²) in [7, 11) is 0. The van der Waals surface area contributed by atoms with Gasteiger partial charge in [-0.05, 0) is 18.6 Å². The Kier molecular flexibility index (Phi) is 3.23. The molecule has 1 aromatic carbocycles. The van der Waals surface area contributed by atoms with Crippen LogP contribution in [0.5, 0.6) is 0 Å². The van der Waals surface area contributed by atoms with Crippen molar-refractivity contribution in [2.75, 3.05) is 0 Å². The molecule has 1 atom stereocenters. The van der Waals surface area contributed by atoms with Crippen LogP contribution in [0.1, 0.15) is 24.1 Å². The predicted octanol–water partition coefficient (Wildman–Crippen LogP) is 3.36. The van der Waals surface area contributed by atoms with Gasteiger partial charge < -0.3 is 5.73 Å². The van der Waals surface area contributed by atoms with Crippen molar-refractivity contribution in [3.8, 4) is 0 Å². The number of halogens is 5. The highest BCUT2D eigenvalue weighted by Gasteiger charge is 2.58. The molecule has 0 spiro atoms. The van der Waals surface area contributed by atoms with E-state index >= 15 is 0 Å². The lowest BCUT2D eigenvalue weighted by molar-refractivity contribution is -0.289. The molecule has 0 bridgehead atoms. The van der Waals surface area contributed by atoms with Crippen molar-refractivity contribution in [3.05, 3.63) is 35.4 Å². The van der Waals surface area contributed by atoms with E-state index in [0.29, 0.717) is 0 Å². The first-order chi connectivity index (χ1) is 7.16. The van der Waals surface area contributed by atoms with Gasteiger partial charge in [0.2, 0.25) is 0 Å². The molecule has 0 saturated heterocycles. The van der Waals surface area contributed by atoms with Crippen LogP contribution in [0.3, 0.4) is 0 Å². The summed E-state index contributed by atoms with van der Waals surface area (Å²) in [5, 5.41) is 0. The second kappa shape index (κ2) is 4.01. The molecule has 0 aliphatic heterocycles. The fourth-order valence-corrected chi connectivity index (χ4v) is 1.18. The van der Waals surface area contributed by atoms with Crippen LogP contribution in [-0.2, 0) is 5.92 Å². The van der Waals surface area contributed by atoms with Crippen LogP contribution in [-0.4, -0.2) is 6.18 Å². The van der Waals surface area contributed by atoms with E-state index in [0.717, 1.165) is 18.2 Å². The van der Waals surface area contributed by atoms with E-state index in [-0.39, 0.29) is 5.56 Å². The van der Waals surface area contributed by atoms with Crippen LogP contribution in [0.25, 0.3) is 0 Å². The Morgan fingerprint density at radius 3 is 2.12 bits per heavy atom. The number of alkyl halides is 5. The normalized spacial score (nSPS) is 14.9. The maximum Gasteiger partial charge on any atom is 0.458 e. The molecule has 90 valence electrons. The molecular formula is C10H10F5N. The van der Waals surface area contributed by atoms with Gasteiger partial charge in [-0.2, -0.15) is 22.0 Å². The Labute approximate surface area is 89.1 Å². The smallest absolute Gasteiger partial charge is 0.324 e. The molecule has 1 nitrogen and oxygen atoms in total. The Balaban J connectivity index is 3.19. The van der Waals surface area contributed by atoms with Crippen molar-refractivity contribution < 1.29 is 22.0 Å². The Hall–Kier alpha value is -1.17. The molecule has 0 heterocycles. The fraction of sp³-hybridized carbons (Fsp3) is 0.400. The standard InChI is InChI=1S/C10H10F5N/c1-6(16)7-3-2-4-8(5-7)9(11,12)10(13,14)15/h2-6H,16H2,1H3/t6-/m0/s1.